The van der Waals surface area contributed by atoms with E-state index < -0.39 is 18.1 Å². The van der Waals surface area contributed by atoms with Crippen molar-refractivity contribution >= 4 is 45.0 Å². The van der Waals surface area contributed by atoms with E-state index in [0.717, 1.165) is 4.47 Å². The summed E-state index contributed by atoms with van der Waals surface area (Å²) in [5.74, 6) is -1.39. The molecule has 2 aromatic carbocycles. The number of rotatable bonds is 3. The Morgan fingerprint density at radius 2 is 1.79 bits per heavy atom. The van der Waals surface area contributed by atoms with Crippen molar-refractivity contribution in [2.75, 3.05) is 5.06 Å². The van der Waals surface area contributed by atoms with Gasteiger partial charge in [0.05, 0.1) is 11.7 Å². The zero-order valence-corrected chi connectivity index (χ0v) is 17.5. The average molecular weight is 466 g/mol. The third kappa shape index (κ3) is 2.98. The number of carbonyl (C=O) groups excluding carboxylic acids is 2. The molecule has 8 heteroatoms. The summed E-state index contributed by atoms with van der Waals surface area (Å²) in [4.78, 5) is 33.2. The Bertz CT molecular complexity index is 950. The number of aromatic hydroxyl groups is 1. The summed E-state index contributed by atoms with van der Waals surface area (Å²) < 4.78 is 0.747. The number of nitrogens with zero attached hydrogens (tertiary/aromatic N) is 2. The second-order valence-electron chi connectivity index (χ2n) is 7.14. The van der Waals surface area contributed by atoms with Gasteiger partial charge in [-0.25, -0.2) is 5.06 Å². The molecular weight excluding hydrogens is 448 g/mol. The van der Waals surface area contributed by atoms with Crippen LogP contribution in [0, 0.1) is 5.92 Å². The van der Waals surface area contributed by atoms with E-state index in [1.807, 2.05) is 0 Å². The Labute approximate surface area is 175 Å². The molecule has 6 nitrogen and oxygen atoms in total. The van der Waals surface area contributed by atoms with E-state index in [0.29, 0.717) is 16.3 Å². The molecule has 3 atom stereocenters. The quantitative estimate of drug-likeness (QED) is 0.692. The second-order valence-corrected chi connectivity index (χ2v) is 8.49. The zero-order valence-electron chi connectivity index (χ0n) is 15.2. The first kappa shape index (κ1) is 19.2. The minimum Gasteiger partial charge on any atom is -0.508 e. The van der Waals surface area contributed by atoms with Gasteiger partial charge in [-0.15, -0.1) is 0 Å². The topological polar surface area (TPSA) is 70.1 Å². The minimum absolute atomic E-state index is 0.0275. The highest BCUT2D eigenvalue weighted by Gasteiger charge is 2.60. The standard InChI is InChI=1S/C20H18BrClN2O4/c1-10(2)23-19(26)16-17(14-9-11(21)3-8-15(14)25)24(28-18(16)20(23)27)13-6-4-12(22)5-7-13/h3-10,16-18,25H,1-2H3/t16-,17-,18-/m1/s1. The molecule has 2 amide bonds. The lowest BCUT2D eigenvalue weighted by Crippen LogP contribution is -2.41. The number of anilines is 1. The van der Waals surface area contributed by atoms with Gasteiger partial charge in [-0.1, -0.05) is 27.5 Å². The van der Waals surface area contributed by atoms with Gasteiger partial charge in [0.15, 0.2) is 6.10 Å². The first-order valence-corrected chi connectivity index (χ1v) is 10.0. The van der Waals surface area contributed by atoms with E-state index in [1.165, 1.54) is 9.96 Å². The van der Waals surface area contributed by atoms with Crippen molar-refractivity contribution in [1.82, 2.24) is 4.90 Å². The molecule has 2 fully saturated rings. The Morgan fingerprint density at radius 3 is 2.43 bits per heavy atom. The summed E-state index contributed by atoms with van der Waals surface area (Å²) in [6.45, 7) is 3.58. The van der Waals surface area contributed by atoms with Gasteiger partial charge < -0.3 is 5.11 Å². The molecule has 2 aromatic rings. The molecule has 28 heavy (non-hydrogen) atoms. The molecule has 0 saturated carbocycles. The van der Waals surface area contributed by atoms with Crippen LogP contribution in [-0.4, -0.2) is 34.0 Å². The minimum atomic E-state index is -0.936. The van der Waals surface area contributed by atoms with Gasteiger partial charge >= 0.3 is 0 Å². The zero-order chi connectivity index (χ0) is 20.2. The van der Waals surface area contributed by atoms with Gasteiger partial charge in [0, 0.05) is 21.1 Å². The molecule has 0 unspecified atom stereocenters. The van der Waals surface area contributed by atoms with E-state index in [4.69, 9.17) is 16.4 Å². The van der Waals surface area contributed by atoms with Gasteiger partial charge in [-0.2, -0.15) is 0 Å². The number of amides is 2. The first-order valence-electron chi connectivity index (χ1n) is 8.86. The lowest BCUT2D eigenvalue weighted by Gasteiger charge is -2.30. The normalized spacial score (nSPS) is 24.4. The predicted octanol–water partition coefficient (Wildman–Crippen LogP) is 4.06. The highest BCUT2D eigenvalue weighted by atomic mass is 79.9. The summed E-state index contributed by atoms with van der Waals surface area (Å²) in [5, 5.41) is 12.6. The van der Waals surface area contributed by atoms with E-state index in [1.54, 1.807) is 56.3 Å². The molecule has 0 spiro atoms. The number of hydroxylamine groups is 1. The number of phenols is 1. The SMILES string of the molecule is CC(C)N1C(=O)[C@@H]2[C@@H](c3cc(Br)ccc3O)N(c3ccc(Cl)cc3)O[C@H]2C1=O. The molecule has 2 aliphatic rings. The van der Waals surface area contributed by atoms with E-state index in [-0.39, 0.29) is 23.6 Å². The highest BCUT2D eigenvalue weighted by Crippen LogP contribution is 2.49. The van der Waals surface area contributed by atoms with E-state index in [9.17, 15) is 14.7 Å². The molecule has 2 heterocycles. The number of likely N-dealkylation sites (tertiary alicyclic amines) is 1. The van der Waals surface area contributed by atoms with Crippen LogP contribution in [0.3, 0.4) is 0 Å². The van der Waals surface area contributed by atoms with Crippen LogP contribution in [-0.2, 0) is 14.4 Å². The van der Waals surface area contributed by atoms with Crippen LogP contribution in [0.5, 0.6) is 5.75 Å². The van der Waals surface area contributed by atoms with E-state index in [2.05, 4.69) is 15.9 Å². The summed E-state index contributed by atoms with van der Waals surface area (Å²) in [7, 11) is 0. The number of imide groups is 1. The smallest absolute Gasteiger partial charge is 0.262 e. The molecule has 0 bridgehead atoms. The molecule has 0 radical (unpaired) electrons. The maximum Gasteiger partial charge on any atom is 0.262 e. The first-order chi connectivity index (χ1) is 13.3. The Hall–Kier alpha value is -2.09. The maximum absolute atomic E-state index is 13.1. The van der Waals surface area contributed by atoms with Crippen LogP contribution in [0.25, 0.3) is 0 Å². The summed E-state index contributed by atoms with van der Waals surface area (Å²) in [6, 6.07) is 11.0. The van der Waals surface area contributed by atoms with E-state index >= 15 is 0 Å². The third-order valence-corrected chi connectivity index (χ3v) is 5.80. The third-order valence-electron chi connectivity index (χ3n) is 5.06. The molecule has 1 N–H and O–H groups in total. The van der Waals surface area contributed by atoms with Crippen LogP contribution < -0.4 is 5.06 Å². The lowest BCUT2D eigenvalue weighted by atomic mass is 9.90. The number of phenolic OH excluding ortho intramolecular Hbond substituents is 1. The Kier molecular flexibility index (Phi) is 4.85. The summed E-state index contributed by atoms with van der Waals surface area (Å²) in [5.41, 5.74) is 1.14. The molecule has 2 aliphatic heterocycles. The van der Waals surface area contributed by atoms with Gasteiger partial charge in [-0.3, -0.25) is 19.3 Å². The number of halogens is 2. The molecular formula is C20H18BrClN2O4. The van der Waals surface area contributed by atoms with Crippen molar-refractivity contribution < 1.29 is 19.5 Å². The van der Waals surface area contributed by atoms with Crippen LogP contribution in [0.2, 0.25) is 5.02 Å². The number of carbonyl (C=O) groups is 2. The second kappa shape index (κ2) is 7.06. The lowest BCUT2D eigenvalue weighted by molar-refractivity contribution is -0.145. The van der Waals surface area contributed by atoms with Crippen molar-refractivity contribution in [3.8, 4) is 5.75 Å². The fraction of sp³-hybridized carbons (Fsp3) is 0.300. The van der Waals surface area contributed by atoms with Crippen LogP contribution in [0.4, 0.5) is 5.69 Å². The van der Waals surface area contributed by atoms with Crippen molar-refractivity contribution in [1.29, 1.82) is 0 Å². The molecule has 0 aromatic heterocycles. The number of hydrogen-bond donors (Lipinski definition) is 1. The van der Waals surface area contributed by atoms with Gasteiger partial charge in [0.1, 0.15) is 11.7 Å². The van der Waals surface area contributed by atoms with Crippen LogP contribution in [0.15, 0.2) is 46.9 Å². The fourth-order valence-corrected chi connectivity index (χ4v) is 4.34. The van der Waals surface area contributed by atoms with Crippen LogP contribution in [0.1, 0.15) is 25.5 Å². The summed E-state index contributed by atoms with van der Waals surface area (Å²) in [6.07, 6.45) is -0.936. The monoisotopic (exact) mass is 464 g/mol. The number of hydrogen-bond acceptors (Lipinski definition) is 5. The van der Waals surface area contributed by atoms with Crippen LogP contribution >= 0.6 is 27.5 Å². The fourth-order valence-electron chi connectivity index (χ4n) is 3.83. The predicted molar refractivity (Wildman–Crippen MR) is 108 cm³/mol. The highest BCUT2D eigenvalue weighted by molar-refractivity contribution is 9.10. The molecule has 4 rings (SSSR count). The van der Waals surface area contributed by atoms with Crippen molar-refractivity contribution in [2.45, 2.75) is 32.0 Å². The summed E-state index contributed by atoms with van der Waals surface area (Å²) >= 11 is 9.41. The Morgan fingerprint density at radius 1 is 1.11 bits per heavy atom. The van der Waals surface area contributed by atoms with Crippen molar-refractivity contribution in [3.63, 3.8) is 0 Å². The maximum atomic E-state index is 13.1. The van der Waals surface area contributed by atoms with Crippen molar-refractivity contribution in [3.05, 3.63) is 57.5 Å². The molecule has 146 valence electrons. The number of benzene rings is 2. The largest absolute Gasteiger partial charge is 0.508 e. The Balaban J connectivity index is 1.85. The van der Waals surface area contributed by atoms with Gasteiger partial charge in [-0.05, 0) is 56.3 Å². The van der Waals surface area contributed by atoms with Gasteiger partial charge in [0.2, 0.25) is 5.91 Å². The number of fused-ring (bicyclic) bond motifs is 1. The van der Waals surface area contributed by atoms with Crippen molar-refractivity contribution in [2.24, 2.45) is 5.92 Å². The molecule has 0 aliphatic carbocycles. The molecule has 2 saturated heterocycles. The average Bonchev–Trinajstić information content (AvgIpc) is 3.14. The van der Waals surface area contributed by atoms with Gasteiger partial charge in [0.25, 0.3) is 5.91 Å².